The molecule has 1 heterocycles. The molecule has 6 nitrogen and oxygen atoms in total. The Kier molecular flexibility index (Phi) is 7.56. The SMILES string of the molecule is C=CCNC(=O)CN1CCN(CC(=O)Nc2ccc(C(C)(C)C)cc2)CC1. The minimum absolute atomic E-state index is 0.00400. The fourth-order valence-electron chi connectivity index (χ4n) is 3.01. The average Bonchev–Trinajstić information content (AvgIpc) is 2.61. The lowest BCUT2D eigenvalue weighted by molar-refractivity contribution is -0.123. The smallest absolute Gasteiger partial charge is 0.238 e. The number of nitrogens with zero attached hydrogens (tertiary/aromatic N) is 2. The molecule has 0 radical (unpaired) electrons. The van der Waals surface area contributed by atoms with Crippen LogP contribution in [0.3, 0.4) is 0 Å². The molecule has 2 rings (SSSR count). The van der Waals surface area contributed by atoms with Crippen LogP contribution in [-0.4, -0.2) is 67.4 Å². The first-order valence-electron chi connectivity index (χ1n) is 9.50. The molecule has 0 unspecified atom stereocenters. The number of benzene rings is 1. The normalized spacial score (nSPS) is 16.0. The Morgan fingerprint density at radius 1 is 1.00 bits per heavy atom. The Labute approximate surface area is 162 Å². The van der Waals surface area contributed by atoms with E-state index >= 15 is 0 Å². The van der Waals surface area contributed by atoms with Gasteiger partial charge in [-0.25, -0.2) is 0 Å². The average molecular weight is 373 g/mol. The lowest BCUT2D eigenvalue weighted by atomic mass is 9.87. The second-order valence-electron chi connectivity index (χ2n) is 8.02. The maximum Gasteiger partial charge on any atom is 0.238 e. The topological polar surface area (TPSA) is 64.7 Å². The molecular formula is C21H32N4O2. The van der Waals surface area contributed by atoms with Gasteiger partial charge in [0, 0.05) is 38.4 Å². The fourth-order valence-corrected chi connectivity index (χ4v) is 3.01. The third kappa shape index (κ3) is 7.15. The van der Waals surface area contributed by atoms with Gasteiger partial charge in [0.25, 0.3) is 0 Å². The number of piperazine rings is 1. The van der Waals surface area contributed by atoms with E-state index in [9.17, 15) is 9.59 Å². The lowest BCUT2D eigenvalue weighted by Crippen LogP contribution is -2.51. The molecule has 6 heteroatoms. The van der Waals surface area contributed by atoms with Gasteiger partial charge in [-0.1, -0.05) is 39.0 Å². The van der Waals surface area contributed by atoms with Crippen LogP contribution in [0.25, 0.3) is 0 Å². The highest BCUT2D eigenvalue weighted by Crippen LogP contribution is 2.23. The maximum absolute atomic E-state index is 12.3. The van der Waals surface area contributed by atoms with E-state index in [4.69, 9.17) is 0 Å². The van der Waals surface area contributed by atoms with Crippen LogP contribution < -0.4 is 10.6 Å². The number of carbonyl (C=O) groups is 2. The van der Waals surface area contributed by atoms with E-state index in [0.717, 1.165) is 31.9 Å². The van der Waals surface area contributed by atoms with Gasteiger partial charge in [0.1, 0.15) is 0 Å². The number of amides is 2. The first kappa shape index (κ1) is 21.1. The van der Waals surface area contributed by atoms with Crippen molar-refractivity contribution in [1.29, 1.82) is 0 Å². The van der Waals surface area contributed by atoms with Crippen LogP contribution in [0.15, 0.2) is 36.9 Å². The molecule has 0 saturated carbocycles. The number of carbonyl (C=O) groups excluding carboxylic acids is 2. The molecule has 1 aromatic rings. The summed E-state index contributed by atoms with van der Waals surface area (Å²) in [6.45, 7) is 14.5. The summed E-state index contributed by atoms with van der Waals surface area (Å²) in [5.74, 6) is 0.00971. The molecule has 27 heavy (non-hydrogen) atoms. The summed E-state index contributed by atoms with van der Waals surface area (Å²) in [6, 6.07) is 8.04. The van der Waals surface area contributed by atoms with E-state index in [1.54, 1.807) is 6.08 Å². The van der Waals surface area contributed by atoms with Crippen LogP contribution in [0.1, 0.15) is 26.3 Å². The van der Waals surface area contributed by atoms with E-state index < -0.39 is 0 Å². The molecule has 0 aliphatic carbocycles. The van der Waals surface area contributed by atoms with Gasteiger partial charge in [-0.15, -0.1) is 6.58 Å². The Balaban J connectivity index is 1.73. The van der Waals surface area contributed by atoms with Gasteiger partial charge in [0.2, 0.25) is 11.8 Å². The summed E-state index contributed by atoms with van der Waals surface area (Å²) in [5.41, 5.74) is 2.17. The summed E-state index contributed by atoms with van der Waals surface area (Å²) in [7, 11) is 0. The van der Waals surface area contributed by atoms with E-state index in [0.29, 0.717) is 19.6 Å². The third-order valence-electron chi connectivity index (χ3n) is 4.68. The highest BCUT2D eigenvalue weighted by molar-refractivity contribution is 5.92. The highest BCUT2D eigenvalue weighted by atomic mass is 16.2. The minimum atomic E-state index is -0.00400. The van der Waals surface area contributed by atoms with Crippen molar-refractivity contribution in [3.63, 3.8) is 0 Å². The Morgan fingerprint density at radius 3 is 2.00 bits per heavy atom. The summed E-state index contributed by atoms with van der Waals surface area (Å²) in [5, 5.41) is 5.75. The van der Waals surface area contributed by atoms with Crippen molar-refractivity contribution in [2.75, 3.05) is 51.1 Å². The Hall–Kier alpha value is -2.18. The standard InChI is InChI=1S/C21H32N4O2/c1-5-10-22-19(26)15-24-11-13-25(14-12-24)16-20(27)23-18-8-6-17(7-9-18)21(2,3)4/h5-9H,1,10-16H2,2-4H3,(H,22,26)(H,23,27). The number of anilines is 1. The molecule has 1 aliphatic rings. The number of nitrogens with one attached hydrogen (secondary N) is 2. The van der Waals surface area contributed by atoms with Crippen LogP contribution >= 0.6 is 0 Å². The molecular weight excluding hydrogens is 340 g/mol. The summed E-state index contributed by atoms with van der Waals surface area (Å²) in [4.78, 5) is 28.3. The summed E-state index contributed by atoms with van der Waals surface area (Å²) >= 11 is 0. The lowest BCUT2D eigenvalue weighted by Gasteiger charge is -2.33. The molecule has 0 aromatic heterocycles. The first-order chi connectivity index (χ1) is 12.8. The van der Waals surface area contributed by atoms with E-state index in [2.05, 4.69) is 59.9 Å². The van der Waals surface area contributed by atoms with Gasteiger partial charge in [-0.3, -0.25) is 19.4 Å². The Bertz CT molecular complexity index is 641. The maximum atomic E-state index is 12.3. The van der Waals surface area contributed by atoms with Crippen molar-refractivity contribution < 1.29 is 9.59 Å². The molecule has 1 aliphatic heterocycles. The second kappa shape index (κ2) is 9.67. The van der Waals surface area contributed by atoms with Gasteiger partial charge in [-0.2, -0.15) is 0 Å². The molecule has 148 valence electrons. The zero-order chi connectivity index (χ0) is 19.9. The van der Waals surface area contributed by atoms with Gasteiger partial charge in [0.05, 0.1) is 13.1 Å². The van der Waals surface area contributed by atoms with Gasteiger partial charge >= 0.3 is 0 Å². The van der Waals surface area contributed by atoms with Crippen LogP contribution in [0, 0.1) is 0 Å². The van der Waals surface area contributed by atoms with E-state index in [1.807, 2.05) is 12.1 Å². The number of rotatable bonds is 7. The van der Waals surface area contributed by atoms with Gasteiger partial charge in [0.15, 0.2) is 0 Å². The second-order valence-corrected chi connectivity index (χ2v) is 8.02. The van der Waals surface area contributed by atoms with Gasteiger partial charge < -0.3 is 10.6 Å². The highest BCUT2D eigenvalue weighted by Gasteiger charge is 2.20. The zero-order valence-corrected chi connectivity index (χ0v) is 16.8. The van der Waals surface area contributed by atoms with E-state index in [-0.39, 0.29) is 17.2 Å². The molecule has 2 N–H and O–H groups in total. The quantitative estimate of drug-likeness (QED) is 0.717. The number of hydrogen-bond donors (Lipinski definition) is 2. The van der Waals surface area contributed by atoms with Crippen molar-refractivity contribution in [1.82, 2.24) is 15.1 Å². The van der Waals surface area contributed by atoms with Crippen molar-refractivity contribution in [3.05, 3.63) is 42.5 Å². The largest absolute Gasteiger partial charge is 0.352 e. The van der Waals surface area contributed by atoms with Gasteiger partial charge in [-0.05, 0) is 23.1 Å². The molecule has 1 saturated heterocycles. The van der Waals surface area contributed by atoms with E-state index in [1.165, 1.54) is 5.56 Å². The van der Waals surface area contributed by atoms with Crippen LogP contribution in [0.4, 0.5) is 5.69 Å². The van der Waals surface area contributed by atoms with Crippen molar-refractivity contribution in [2.24, 2.45) is 0 Å². The number of hydrogen-bond acceptors (Lipinski definition) is 4. The summed E-state index contributed by atoms with van der Waals surface area (Å²) < 4.78 is 0. The van der Waals surface area contributed by atoms with Crippen LogP contribution in [0.2, 0.25) is 0 Å². The first-order valence-corrected chi connectivity index (χ1v) is 9.50. The molecule has 0 bridgehead atoms. The van der Waals surface area contributed by atoms with Crippen molar-refractivity contribution in [2.45, 2.75) is 26.2 Å². The molecule has 0 spiro atoms. The Morgan fingerprint density at radius 2 is 1.52 bits per heavy atom. The van der Waals surface area contributed by atoms with Crippen LogP contribution in [0.5, 0.6) is 0 Å². The van der Waals surface area contributed by atoms with Crippen LogP contribution in [-0.2, 0) is 15.0 Å². The molecule has 2 amide bonds. The molecule has 1 aromatic carbocycles. The predicted octanol–water partition coefficient (Wildman–Crippen LogP) is 1.84. The zero-order valence-electron chi connectivity index (χ0n) is 16.8. The predicted molar refractivity (Wildman–Crippen MR) is 110 cm³/mol. The van der Waals surface area contributed by atoms with Crippen molar-refractivity contribution in [3.8, 4) is 0 Å². The molecule has 0 atom stereocenters. The monoisotopic (exact) mass is 372 g/mol. The fraction of sp³-hybridized carbons (Fsp3) is 0.524. The van der Waals surface area contributed by atoms with Crippen molar-refractivity contribution >= 4 is 17.5 Å². The molecule has 1 fully saturated rings. The summed E-state index contributed by atoms with van der Waals surface area (Å²) in [6.07, 6.45) is 1.67. The minimum Gasteiger partial charge on any atom is -0.352 e. The third-order valence-corrected chi connectivity index (χ3v) is 4.68.